The Balaban J connectivity index is 2.69. The second-order valence-corrected chi connectivity index (χ2v) is 5.88. The molecule has 112 valence electrons. The van der Waals surface area contributed by atoms with E-state index in [4.69, 9.17) is 10.5 Å². The van der Waals surface area contributed by atoms with Crippen LogP contribution in [0, 0.1) is 0 Å². The van der Waals surface area contributed by atoms with Crippen molar-refractivity contribution in [1.29, 1.82) is 0 Å². The molecule has 0 radical (unpaired) electrons. The monoisotopic (exact) mass is 289 g/mol. The quantitative estimate of drug-likeness (QED) is 0.835. The molecule has 0 saturated carbocycles. The summed E-state index contributed by atoms with van der Waals surface area (Å²) in [6.45, 7) is 3.30. The Bertz CT molecular complexity index is 528. The van der Waals surface area contributed by atoms with Gasteiger partial charge >= 0.3 is 6.18 Å². The standard InChI is InChI=1S/C14H18F3NO2/c1-12(2)7-13(19,14(15,16)17)11(18)8-5-4-6-9(20-3)10(8)12/h4-6,11,19H,7,18H2,1-3H3. The van der Waals surface area contributed by atoms with Gasteiger partial charge in [-0.2, -0.15) is 13.2 Å². The Morgan fingerprint density at radius 2 is 1.95 bits per heavy atom. The molecule has 1 aliphatic rings. The third-order valence-electron chi connectivity index (χ3n) is 4.01. The van der Waals surface area contributed by atoms with Crippen LogP contribution in [-0.4, -0.2) is 24.0 Å². The predicted octanol–water partition coefficient (Wildman–Crippen LogP) is 2.67. The molecule has 0 bridgehead atoms. The number of methoxy groups -OCH3 is 1. The second kappa shape index (κ2) is 4.36. The van der Waals surface area contributed by atoms with E-state index in [2.05, 4.69) is 0 Å². The molecule has 0 aliphatic heterocycles. The average molecular weight is 289 g/mol. The summed E-state index contributed by atoms with van der Waals surface area (Å²) in [5.74, 6) is 0.493. The van der Waals surface area contributed by atoms with Crippen molar-refractivity contribution in [2.75, 3.05) is 7.11 Å². The van der Waals surface area contributed by atoms with Gasteiger partial charge in [0.2, 0.25) is 0 Å². The first-order valence-electron chi connectivity index (χ1n) is 6.26. The Kier molecular flexibility index (Phi) is 3.30. The van der Waals surface area contributed by atoms with Crippen molar-refractivity contribution in [1.82, 2.24) is 0 Å². The van der Waals surface area contributed by atoms with E-state index >= 15 is 0 Å². The Labute approximate surface area is 115 Å². The Hall–Kier alpha value is -1.27. The largest absolute Gasteiger partial charge is 0.496 e. The van der Waals surface area contributed by atoms with E-state index in [9.17, 15) is 18.3 Å². The van der Waals surface area contributed by atoms with Crippen molar-refractivity contribution < 1.29 is 23.0 Å². The van der Waals surface area contributed by atoms with Crippen molar-refractivity contribution in [3.05, 3.63) is 29.3 Å². The van der Waals surface area contributed by atoms with E-state index in [1.165, 1.54) is 13.2 Å². The van der Waals surface area contributed by atoms with Gasteiger partial charge in [0.05, 0.1) is 13.2 Å². The summed E-state index contributed by atoms with van der Waals surface area (Å²) in [6, 6.07) is 3.25. The molecule has 2 atom stereocenters. The highest BCUT2D eigenvalue weighted by Crippen LogP contribution is 2.54. The maximum Gasteiger partial charge on any atom is 0.419 e. The molecule has 1 aromatic rings. The van der Waals surface area contributed by atoms with E-state index in [-0.39, 0.29) is 5.56 Å². The van der Waals surface area contributed by atoms with Gasteiger partial charge in [-0.3, -0.25) is 0 Å². The van der Waals surface area contributed by atoms with E-state index < -0.39 is 29.7 Å². The molecule has 1 aliphatic carbocycles. The fourth-order valence-electron chi connectivity index (χ4n) is 3.11. The van der Waals surface area contributed by atoms with Gasteiger partial charge in [-0.25, -0.2) is 0 Å². The maximum absolute atomic E-state index is 13.2. The van der Waals surface area contributed by atoms with Crippen LogP contribution >= 0.6 is 0 Å². The van der Waals surface area contributed by atoms with Crippen LogP contribution in [0.15, 0.2) is 18.2 Å². The SMILES string of the molecule is COc1cccc2c1C(C)(C)CC(O)(C(F)(F)F)C2N. The number of hydrogen-bond donors (Lipinski definition) is 2. The molecule has 2 rings (SSSR count). The molecule has 6 heteroatoms. The predicted molar refractivity (Wildman–Crippen MR) is 68.6 cm³/mol. The van der Waals surface area contributed by atoms with Crippen LogP contribution in [0.5, 0.6) is 5.75 Å². The first-order chi connectivity index (χ1) is 9.04. The van der Waals surface area contributed by atoms with E-state index in [0.717, 1.165) is 0 Å². The second-order valence-electron chi connectivity index (χ2n) is 5.88. The van der Waals surface area contributed by atoms with Crippen LogP contribution in [0.4, 0.5) is 13.2 Å². The fraction of sp³-hybridized carbons (Fsp3) is 0.571. The summed E-state index contributed by atoms with van der Waals surface area (Å²) in [5.41, 5.74) is 2.80. The van der Waals surface area contributed by atoms with Gasteiger partial charge in [0.1, 0.15) is 5.75 Å². The number of aliphatic hydroxyl groups is 1. The van der Waals surface area contributed by atoms with Crippen LogP contribution in [0.25, 0.3) is 0 Å². The van der Waals surface area contributed by atoms with Crippen molar-refractivity contribution in [3.8, 4) is 5.75 Å². The Morgan fingerprint density at radius 1 is 1.35 bits per heavy atom. The van der Waals surface area contributed by atoms with Crippen LogP contribution < -0.4 is 10.5 Å². The smallest absolute Gasteiger partial charge is 0.419 e. The molecule has 2 unspecified atom stereocenters. The van der Waals surface area contributed by atoms with Crippen molar-refractivity contribution in [3.63, 3.8) is 0 Å². The number of halogens is 3. The summed E-state index contributed by atoms with van der Waals surface area (Å²) in [7, 11) is 1.46. The molecular formula is C14H18F3NO2. The molecule has 0 aromatic heterocycles. The van der Waals surface area contributed by atoms with E-state index in [0.29, 0.717) is 11.3 Å². The van der Waals surface area contributed by atoms with Crippen LogP contribution in [0.1, 0.15) is 37.4 Å². The zero-order chi connectivity index (χ0) is 15.3. The van der Waals surface area contributed by atoms with Crippen molar-refractivity contribution in [2.45, 2.75) is 43.5 Å². The third-order valence-corrected chi connectivity index (χ3v) is 4.01. The summed E-state index contributed by atoms with van der Waals surface area (Å²) < 4.78 is 44.9. The zero-order valence-corrected chi connectivity index (χ0v) is 11.6. The minimum absolute atomic E-state index is 0.278. The lowest BCUT2D eigenvalue weighted by Crippen LogP contribution is -2.59. The third kappa shape index (κ3) is 1.98. The fourth-order valence-corrected chi connectivity index (χ4v) is 3.11. The van der Waals surface area contributed by atoms with Crippen molar-refractivity contribution >= 4 is 0 Å². The minimum Gasteiger partial charge on any atom is -0.496 e. The van der Waals surface area contributed by atoms with Gasteiger partial charge in [-0.05, 0) is 23.5 Å². The maximum atomic E-state index is 13.2. The number of fused-ring (bicyclic) bond motifs is 1. The summed E-state index contributed by atoms with van der Waals surface area (Å²) in [6.07, 6.45) is -5.29. The summed E-state index contributed by atoms with van der Waals surface area (Å²) in [4.78, 5) is 0. The average Bonchev–Trinajstić information content (AvgIpc) is 2.33. The number of hydrogen-bond acceptors (Lipinski definition) is 3. The highest BCUT2D eigenvalue weighted by Gasteiger charge is 2.63. The number of ether oxygens (including phenoxy) is 1. The lowest BCUT2D eigenvalue weighted by Gasteiger charge is -2.47. The number of nitrogens with two attached hydrogens (primary N) is 1. The van der Waals surface area contributed by atoms with Crippen LogP contribution in [0.3, 0.4) is 0 Å². The molecule has 0 amide bonds. The van der Waals surface area contributed by atoms with Gasteiger partial charge < -0.3 is 15.6 Å². The highest BCUT2D eigenvalue weighted by atomic mass is 19.4. The highest BCUT2D eigenvalue weighted by molar-refractivity contribution is 5.50. The number of alkyl halides is 3. The minimum atomic E-state index is -4.79. The molecule has 3 N–H and O–H groups in total. The molecule has 0 fully saturated rings. The van der Waals surface area contributed by atoms with Gasteiger partial charge in [-0.15, -0.1) is 0 Å². The number of benzene rings is 1. The van der Waals surface area contributed by atoms with Gasteiger partial charge in [0.25, 0.3) is 0 Å². The van der Waals surface area contributed by atoms with E-state index in [1.807, 2.05) is 0 Å². The lowest BCUT2D eigenvalue weighted by atomic mass is 9.63. The molecular weight excluding hydrogens is 271 g/mol. The van der Waals surface area contributed by atoms with E-state index in [1.54, 1.807) is 26.0 Å². The van der Waals surface area contributed by atoms with Crippen LogP contribution in [-0.2, 0) is 5.41 Å². The normalized spacial score (nSPS) is 28.9. The van der Waals surface area contributed by atoms with Crippen LogP contribution in [0.2, 0.25) is 0 Å². The topological polar surface area (TPSA) is 55.5 Å². The molecule has 1 aromatic carbocycles. The van der Waals surface area contributed by atoms with Crippen molar-refractivity contribution in [2.24, 2.45) is 5.73 Å². The molecule has 20 heavy (non-hydrogen) atoms. The summed E-state index contributed by atoms with van der Waals surface area (Å²) >= 11 is 0. The number of rotatable bonds is 1. The van der Waals surface area contributed by atoms with Gasteiger partial charge in [0.15, 0.2) is 5.60 Å². The molecule has 3 nitrogen and oxygen atoms in total. The first-order valence-corrected chi connectivity index (χ1v) is 6.26. The molecule has 0 spiro atoms. The summed E-state index contributed by atoms with van der Waals surface area (Å²) in [5, 5.41) is 10.1. The molecule has 0 heterocycles. The lowest BCUT2D eigenvalue weighted by molar-refractivity contribution is -0.278. The molecule has 0 saturated heterocycles. The zero-order valence-electron chi connectivity index (χ0n) is 11.6. The first kappa shape index (κ1) is 15.1. The van der Waals surface area contributed by atoms with Gasteiger partial charge in [-0.1, -0.05) is 26.0 Å². The Morgan fingerprint density at radius 3 is 2.45 bits per heavy atom. The van der Waals surface area contributed by atoms with Gasteiger partial charge in [0, 0.05) is 5.56 Å².